The van der Waals surface area contributed by atoms with E-state index in [4.69, 9.17) is 0 Å². The summed E-state index contributed by atoms with van der Waals surface area (Å²) in [5.41, 5.74) is 0.719. The minimum absolute atomic E-state index is 0.0602. The molecule has 4 rings (SSSR count). The van der Waals surface area contributed by atoms with Crippen LogP contribution in [-0.2, 0) is 13.1 Å². The fourth-order valence-corrected chi connectivity index (χ4v) is 4.27. The molecule has 3 aromatic rings. The second-order valence-corrected chi connectivity index (χ2v) is 6.76. The van der Waals surface area contributed by atoms with Crippen LogP contribution in [0.3, 0.4) is 0 Å². The smallest absolute Gasteiger partial charge is 0.264 e. The van der Waals surface area contributed by atoms with Crippen LogP contribution in [0.2, 0.25) is 0 Å². The maximum atomic E-state index is 14.0. The predicted molar refractivity (Wildman–Crippen MR) is 86.0 cm³/mol. The van der Waals surface area contributed by atoms with Crippen LogP contribution in [0.1, 0.15) is 26.9 Å². The minimum atomic E-state index is -0.274. The van der Waals surface area contributed by atoms with Crippen LogP contribution < -0.4 is 0 Å². The summed E-state index contributed by atoms with van der Waals surface area (Å²) >= 11 is 1.35. The quantitative estimate of drug-likeness (QED) is 0.689. The van der Waals surface area contributed by atoms with E-state index in [0.29, 0.717) is 29.9 Å². The summed E-state index contributed by atoms with van der Waals surface area (Å²) < 4.78 is 16.9. The van der Waals surface area contributed by atoms with E-state index in [1.807, 2.05) is 24.5 Å². The topological polar surface area (TPSA) is 51.0 Å². The lowest BCUT2D eigenvalue weighted by molar-refractivity contribution is 0.0711. The normalized spacial score (nSPS) is 14.3. The Morgan fingerprint density at radius 3 is 2.87 bits per heavy atom. The first-order chi connectivity index (χ1) is 11.1. The maximum absolute atomic E-state index is 14.0. The fraction of sp³-hybridized carbons (Fsp3) is 0.312. The molecule has 0 saturated carbocycles. The fourth-order valence-electron chi connectivity index (χ4n) is 3.08. The first-order valence-electron chi connectivity index (χ1n) is 7.42. The number of hydrogen-bond donors (Lipinski definition) is 0. The summed E-state index contributed by atoms with van der Waals surface area (Å²) in [6.45, 7) is 5.47. The molecule has 5 nitrogen and oxygen atoms in total. The predicted octanol–water partition coefficient (Wildman–Crippen LogP) is 2.90. The number of benzene rings is 1. The number of fused-ring (bicyclic) bond motifs is 2. The van der Waals surface area contributed by atoms with Gasteiger partial charge in [-0.1, -0.05) is 6.07 Å². The van der Waals surface area contributed by atoms with Crippen LogP contribution in [-0.4, -0.2) is 32.1 Å². The number of nitrogens with zero attached hydrogens (tertiary/aromatic N) is 4. The molecule has 1 amide bonds. The molecule has 0 radical (unpaired) electrons. The number of aryl methyl sites for hydroxylation is 2. The summed E-state index contributed by atoms with van der Waals surface area (Å²) in [7, 11) is 0. The lowest BCUT2D eigenvalue weighted by Crippen LogP contribution is -2.38. The molecule has 0 aliphatic carbocycles. The van der Waals surface area contributed by atoms with E-state index in [-0.39, 0.29) is 11.7 Å². The number of thiophene rings is 1. The first-order valence-corrected chi connectivity index (χ1v) is 8.23. The molecule has 2 aromatic heterocycles. The summed E-state index contributed by atoms with van der Waals surface area (Å²) in [5.74, 6) is 1.33. The van der Waals surface area contributed by atoms with Gasteiger partial charge in [-0.2, -0.15) is 0 Å². The Morgan fingerprint density at radius 1 is 1.26 bits per heavy atom. The number of rotatable bonds is 1. The SMILES string of the molecule is Cc1c(C(=O)N2CCn3c(C)nnc3C2)sc2cccc(F)c12. The molecule has 23 heavy (non-hydrogen) atoms. The van der Waals surface area contributed by atoms with Crippen molar-refractivity contribution in [2.75, 3.05) is 6.54 Å². The maximum Gasteiger partial charge on any atom is 0.264 e. The first kappa shape index (κ1) is 14.3. The van der Waals surface area contributed by atoms with Crippen molar-refractivity contribution in [1.29, 1.82) is 0 Å². The molecule has 0 atom stereocenters. The van der Waals surface area contributed by atoms with Gasteiger partial charge in [0.25, 0.3) is 5.91 Å². The Kier molecular flexibility index (Phi) is 3.19. The molecule has 0 spiro atoms. The second-order valence-electron chi connectivity index (χ2n) is 5.71. The van der Waals surface area contributed by atoms with Gasteiger partial charge in [-0.15, -0.1) is 21.5 Å². The molecule has 1 aliphatic heterocycles. The standard InChI is InChI=1S/C16H15FN4OS/c1-9-14-11(17)4-3-5-12(14)23-15(9)16(22)20-6-7-21-10(2)18-19-13(21)8-20/h3-5H,6-8H2,1-2H3. The van der Waals surface area contributed by atoms with Gasteiger partial charge in [-0.05, 0) is 31.5 Å². The molecular weight excluding hydrogens is 315 g/mol. The number of hydrogen-bond acceptors (Lipinski definition) is 4. The summed E-state index contributed by atoms with van der Waals surface area (Å²) in [4.78, 5) is 15.2. The van der Waals surface area contributed by atoms with Gasteiger partial charge < -0.3 is 9.47 Å². The molecule has 0 fully saturated rings. The molecule has 0 N–H and O–H groups in total. The zero-order valence-electron chi connectivity index (χ0n) is 12.8. The Morgan fingerprint density at radius 2 is 2.09 bits per heavy atom. The second kappa shape index (κ2) is 5.13. The highest BCUT2D eigenvalue weighted by atomic mass is 32.1. The van der Waals surface area contributed by atoms with Crippen molar-refractivity contribution < 1.29 is 9.18 Å². The highest BCUT2D eigenvalue weighted by molar-refractivity contribution is 7.21. The van der Waals surface area contributed by atoms with E-state index in [1.54, 1.807) is 11.0 Å². The Balaban J connectivity index is 1.70. The molecule has 0 bridgehead atoms. The van der Waals surface area contributed by atoms with E-state index in [9.17, 15) is 9.18 Å². The monoisotopic (exact) mass is 330 g/mol. The van der Waals surface area contributed by atoms with E-state index in [2.05, 4.69) is 10.2 Å². The highest BCUT2D eigenvalue weighted by Crippen LogP contribution is 2.33. The van der Waals surface area contributed by atoms with Gasteiger partial charge in [0.15, 0.2) is 5.82 Å². The van der Waals surface area contributed by atoms with Gasteiger partial charge in [0.05, 0.1) is 11.4 Å². The molecule has 7 heteroatoms. The van der Waals surface area contributed by atoms with Gasteiger partial charge in [0.2, 0.25) is 0 Å². The largest absolute Gasteiger partial charge is 0.329 e. The van der Waals surface area contributed by atoms with Crippen molar-refractivity contribution in [3.8, 4) is 0 Å². The molecule has 1 aliphatic rings. The van der Waals surface area contributed by atoms with E-state index < -0.39 is 0 Å². The molecule has 3 heterocycles. The number of amides is 1. The summed E-state index contributed by atoms with van der Waals surface area (Å²) in [6, 6.07) is 4.96. The molecule has 0 unspecified atom stereocenters. The number of carbonyl (C=O) groups is 1. The zero-order chi connectivity index (χ0) is 16.1. The lowest BCUT2D eigenvalue weighted by Gasteiger charge is -2.27. The highest BCUT2D eigenvalue weighted by Gasteiger charge is 2.27. The Hall–Kier alpha value is -2.28. The molecular formula is C16H15FN4OS. The van der Waals surface area contributed by atoms with Crippen molar-refractivity contribution in [2.24, 2.45) is 0 Å². The van der Waals surface area contributed by atoms with Crippen LogP contribution in [0, 0.1) is 19.7 Å². The van der Waals surface area contributed by atoms with Gasteiger partial charge in [0, 0.05) is 23.2 Å². The van der Waals surface area contributed by atoms with Crippen LogP contribution in [0.4, 0.5) is 4.39 Å². The van der Waals surface area contributed by atoms with Crippen molar-refractivity contribution >= 4 is 27.3 Å². The van der Waals surface area contributed by atoms with Crippen LogP contribution in [0.25, 0.3) is 10.1 Å². The average molecular weight is 330 g/mol. The van der Waals surface area contributed by atoms with Gasteiger partial charge in [0.1, 0.15) is 11.6 Å². The molecule has 1 aromatic carbocycles. The number of halogens is 1. The summed E-state index contributed by atoms with van der Waals surface area (Å²) in [5, 5.41) is 8.73. The Labute approximate surface area is 136 Å². The zero-order valence-corrected chi connectivity index (χ0v) is 13.7. The lowest BCUT2D eigenvalue weighted by atomic mass is 10.1. The van der Waals surface area contributed by atoms with Crippen molar-refractivity contribution in [1.82, 2.24) is 19.7 Å². The minimum Gasteiger partial charge on any atom is -0.329 e. The summed E-state index contributed by atoms with van der Waals surface area (Å²) in [6.07, 6.45) is 0. The number of carbonyl (C=O) groups excluding carboxylic acids is 1. The van der Waals surface area contributed by atoms with E-state index in [1.165, 1.54) is 17.4 Å². The third-order valence-electron chi connectivity index (χ3n) is 4.32. The van der Waals surface area contributed by atoms with Crippen LogP contribution >= 0.6 is 11.3 Å². The van der Waals surface area contributed by atoms with Gasteiger partial charge >= 0.3 is 0 Å². The van der Waals surface area contributed by atoms with Gasteiger partial charge in [-0.3, -0.25) is 4.79 Å². The van der Waals surface area contributed by atoms with Crippen molar-refractivity contribution in [3.63, 3.8) is 0 Å². The average Bonchev–Trinajstić information content (AvgIpc) is 3.08. The molecule has 118 valence electrons. The molecule has 0 saturated heterocycles. The van der Waals surface area contributed by atoms with Crippen molar-refractivity contribution in [3.05, 3.63) is 46.1 Å². The van der Waals surface area contributed by atoms with E-state index in [0.717, 1.165) is 21.9 Å². The Bertz CT molecular complexity index is 930. The van der Waals surface area contributed by atoms with E-state index >= 15 is 0 Å². The van der Waals surface area contributed by atoms with Crippen LogP contribution in [0.5, 0.6) is 0 Å². The third-order valence-corrected chi connectivity index (χ3v) is 5.57. The van der Waals surface area contributed by atoms with Crippen LogP contribution in [0.15, 0.2) is 18.2 Å². The van der Waals surface area contributed by atoms with Gasteiger partial charge in [-0.25, -0.2) is 4.39 Å². The number of aromatic nitrogens is 3. The van der Waals surface area contributed by atoms with Crippen molar-refractivity contribution in [2.45, 2.75) is 26.9 Å². The third kappa shape index (κ3) is 2.15.